The molecule has 0 radical (unpaired) electrons. The third-order valence-corrected chi connectivity index (χ3v) is 3.56. The number of ether oxygens (including phenoxy) is 1. The van der Waals surface area contributed by atoms with Crippen LogP contribution in [0.4, 0.5) is 0 Å². The van der Waals surface area contributed by atoms with E-state index in [2.05, 4.69) is 6.58 Å². The van der Waals surface area contributed by atoms with Crippen molar-refractivity contribution in [3.05, 3.63) is 96.1 Å². The summed E-state index contributed by atoms with van der Waals surface area (Å²) in [6, 6.07) is 18.4. The van der Waals surface area contributed by atoms with Crippen molar-refractivity contribution in [3.63, 3.8) is 0 Å². The van der Waals surface area contributed by atoms with Crippen LogP contribution in [0.25, 0.3) is 0 Å². The summed E-state index contributed by atoms with van der Waals surface area (Å²) in [5.74, 6) is -0.327. The van der Waals surface area contributed by atoms with E-state index >= 15 is 0 Å². The molecule has 2 aromatic rings. The summed E-state index contributed by atoms with van der Waals surface area (Å²) in [7, 11) is 0. The molecule has 124 valence electrons. The van der Waals surface area contributed by atoms with E-state index in [4.69, 9.17) is 4.74 Å². The van der Waals surface area contributed by atoms with Crippen LogP contribution < -0.4 is 0 Å². The first-order valence-corrected chi connectivity index (χ1v) is 7.96. The summed E-state index contributed by atoms with van der Waals surface area (Å²) in [6.45, 7) is 4.22. The summed E-state index contributed by atoms with van der Waals surface area (Å²) < 4.78 is 5.21. The lowest BCUT2D eigenvalue weighted by Crippen LogP contribution is -2.06. The van der Waals surface area contributed by atoms with E-state index in [9.17, 15) is 9.90 Å². The lowest BCUT2D eigenvalue weighted by Gasteiger charge is -2.08. The molecule has 0 aromatic heterocycles. The quantitative estimate of drug-likeness (QED) is 0.576. The number of aliphatic hydroxyl groups is 1. The summed E-state index contributed by atoms with van der Waals surface area (Å²) in [4.78, 5) is 11.8. The molecular weight excluding hydrogens is 300 g/mol. The van der Waals surface area contributed by atoms with E-state index in [1.165, 1.54) is 0 Å². The fourth-order valence-corrected chi connectivity index (χ4v) is 2.19. The Hall–Kier alpha value is -2.65. The number of hydrogen-bond donors (Lipinski definition) is 1. The second-order valence-electron chi connectivity index (χ2n) is 5.47. The van der Waals surface area contributed by atoms with Crippen LogP contribution in [0.2, 0.25) is 0 Å². The predicted octanol–water partition coefficient (Wildman–Crippen LogP) is 4.47. The second-order valence-corrected chi connectivity index (χ2v) is 5.47. The van der Waals surface area contributed by atoms with Crippen LogP contribution in [-0.2, 0) is 4.74 Å². The minimum absolute atomic E-state index is 0.290. The SMILES string of the molecule is C=C(/C=C/C[C@@H](O)c1ccccc1)CCOC(=O)c1ccccc1. The highest BCUT2D eigenvalue weighted by atomic mass is 16.5. The van der Waals surface area contributed by atoms with Crippen LogP contribution in [0.1, 0.15) is 34.9 Å². The average Bonchev–Trinajstić information content (AvgIpc) is 2.63. The van der Waals surface area contributed by atoms with Crippen molar-refractivity contribution in [2.24, 2.45) is 0 Å². The van der Waals surface area contributed by atoms with Crippen molar-refractivity contribution >= 4 is 5.97 Å². The average molecular weight is 322 g/mol. The number of carbonyl (C=O) groups is 1. The Labute approximate surface area is 142 Å². The van der Waals surface area contributed by atoms with Gasteiger partial charge in [-0.25, -0.2) is 4.79 Å². The van der Waals surface area contributed by atoms with E-state index < -0.39 is 6.10 Å². The normalized spacial score (nSPS) is 12.0. The van der Waals surface area contributed by atoms with Gasteiger partial charge in [0.25, 0.3) is 0 Å². The number of hydrogen-bond acceptors (Lipinski definition) is 3. The Morgan fingerprint density at radius 3 is 2.38 bits per heavy atom. The molecule has 0 bridgehead atoms. The number of rotatable bonds is 8. The predicted molar refractivity (Wildman–Crippen MR) is 95.6 cm³/mol. The lowest BCUT2D eigenvalue weighted by atomic mass is 10.1. The Bertz CT molecular complexity index is 675. The zero-order valence-corrected chi connectivity index (χ0v) is 13.6. The van der Waals surface area contributed by atoms with Gasteiger partial charge in [0.05, 0.1) is 18.3 Å². The molecule has 0 amide bonds. The molecular formula is C21H22O3. The van der Waals surface area contributed by atoms with E-state index in [0.717, 1.165) is 11.1 Å². The molecule has 0 aliphatic rings. The molecule has 0 saturated heterocycles. The van der Waals surface area contributed by atoms with Crippen LogP contribution in [0.15, 0.2) is 85.0 Å². The van der Waals surface area contributed by atoms with Crippen molar-refractivity contribution in [1.29, 1.82) is 0 Å². The van der Waals surface area contributed by atoms with Crippen molar-refractivity contribution in [1.82, 2.24) is 0 Å². The number of esters is 1. The van der Waals surface area contributed by atoms with Gasteiger partial charge in [-0.1, -0.05) is 72.8 Å². The highest BCUT2D eigenvalue weighted by Crippen LogP contribution is 2.16. The van der Waals surface area contributed by atoms with Gasteiger partial charge in [0.15, 0.2) is 0 Å². The number of benzene rings is 2. The zero-order chi connectivity index (χ0) is 17.2. The van der Waals surface area contributed by atoms with E-state index in [1.54, 1.807) is 24.3 Å². The van der Waals surface area contributed by atoms with Crippen LogP contribution in [0.5, 0.6) is 0 Å². The number of aliphatic hydroxyl groups excluding tert-OH is 1. The molecule has 0 fully saturated rings. The minimum atomic E-state index is -0.522. The van der Waals surface area contributed by atoms with Gasteiger partial charge < -0.3 is 9.84 Å². The van der Waals surface area contributed by atoms with Gasteiger partial charge in [-0.3, -0.25) is 0 Å². The molecule has 3 nitrogen and oxygen atoms in total. The smallest absolute Gasteiger partial charge is 0.338 e. The zero-order valence-electron chi connectivity index (χ0n) is 13.6. The molecule has 1 atom stereocenters. The number of carbonyl (C=O) groups excluding carboxylic acids is 1. The van der Waals surface area contributed by atoms with E-state index in [-0.39, 0.29) is 12.6 Å². The first kappa shape index (κ1) is 17.7. The minimum Gasteiger partial charge on any atom is -0.462 e. The van der Waals surface area contributed by atoms with Crippen molar-refractivity contribution in [3.8, 4) is 0 Å². The maximum atomic E-state index is 11.8. The summed E-state index contributed by atoms with van der Waals surface area (Å²) in [5.41, 5.74) is 2.30. The summed E-state index contributed by atoms with van der Waals surface area (Å²) >= 11 is 0. The third kappa shape index (κ3) is 5.86. The van der Waals surface area contributed by atoms with Gasteiger partial charge in [0, 0.05) is 6.42 Å². The van der Waals surface area contributed by atoms with E-state index in [0.29, 0.717) is 18.4 Å². The van der Waals surface area contributed by atoms with E-state index in [1.807, 2.05) is 48.6 Å². The summed E-state index contributed by atoms with van der Waals surface area (Å²) in [5, 5.41) is 10.1. The van der Waals surface area contributed by atoms with Gasteiger partial charge in [-0.2, -0.15) is 0 Å². The van der Waals surface area contributed by atoms with Crippen molar-refractivity contribution in [2.75, 3.05) is 6.61 Å². The maximum Gasteiger partial charge on any atom is 0.338 e. The molecule has 24 heavy (non-hydrogen) atoms. The van der Waals surface area contributed by atoms with Gasteiger partial charge in [-0.15, -0.1) is 0 Å². The van der Waals surface area contributed by atoms with Gasteiger partial charge in [0.1, 0.15) is 0 Å². The van der Waals surface area contributed by atoms with Crippen LogP contribution in [0.3, 0.4) is 0 Å². The lowest BCUT2D eigenvalue weighted by molar-refractivity contribution is 0.0510. The largest absolute Gasteiger partial charge is 0.462 e. The van der Waals surface area contributed by atoms with Crippen molar-refractivity contribution in [2.45, 2.75) is 18.9 Å². The Morgan fingerprint density at radius 2 is 1.71 bits per heavy atom. The highest BCUT2D eigenvalue weighted by Gasteiger charge is 2.06. The molecule has 2 rings (SSSR count). The molecule has 0 heterocycles. The molecule has 0 aliphatic heterocycles. The van der Waals surface area contributed by atoms with Gasteiger partial charge >= 0.3 is 5.97 Å². The maximum absolute atomic E-state index is 11.8. The Kier molecular flexibility index (Phi) is 6.99. The number of allylic oxidation sites excluding steroid dienone is 1. The monoisotopic (exact) mass is 322 g/mol. The first-order chi connectivity index (χ1) is 11.7. The Morgan fingerprint density at radius 1 is 1.08 bits per heavy atom. The molecule has 1 N–H and O–H groups in total. The highest BCUT2D eigenvalue weighted by molar-refractivity contribution is 5.89. The molecule has 2 aromatic carbocycles. The van der Waals surface area contributed by atoms with Crippen molar-refractivity contribution < 1.29 is 14.6 Å². The molecule has 3 heteroatoms. The Balaban J connectivity index is 1.69. The van der Waals surface area contributed by atoms with Gasteiger partial charge in [0.2, 0.25) is 0 Å². The van der Waals surface area contributed by atoms with Crippen LogP contribution in [0, 0.1) is 0 Å². The fourth-order valence-electron chi connectivity index (χ4n) is 2.19. The molecule has 0 saturated carbocycles. The topological polar surface area (TPSA) is 46.5 Å². The molecule has 0 aliphatic carbocycles. The van der Waals surface area contributed by atoms with Crippen LogP contribution >= 0.6 is 0 Å². The molecule has 0 unspecified atom stereocenters. The standard InChI is InChI=1S/C21H22O3/c1-17(9-8-14-20(22)18-10-4-2-5-11-18)15-16-24-21(23)19-12-6-3-7-13-19/h2-13,20,22H,1,14-16H2/b9-8+/t20-/m1/s1. The third-order valence-electron chi connectivity index (χ3n) is 3.56. The van der Waals surface area contributed by atoms with Gasteiger partial charge in [-0.05, 0) is 24.1 Å². The summed E-state index contributed by atoms with van der Waals surface area (Å²) in [6.07, 6.45) is 4.32. The first-order valence-electron chi connectivity index (χ1n) is 7.96. The van der Waals surface area contributed by atoms with Crippen LogP contribution in [-0.4, -0.2) is 17.7 Å². The molecule has 0 spiro atoms. The fraction of sp³-hybridized carbons (Fsp3) is 0.190. The second kappa shape index (κ2) is 9.48.